The summed E-state index contributed by atoms with van der Waals surface area (Å²) < 4.78 is 24.8. The standard InChI is InChI=1S/C18H21N6O6PS/c19-16-13-17(22-8-21-16)24(9-23-13)18-15(26)14(25)12(29-18)7-28-31(32)27-6-3-11(30-31)10-1-4-20-5-2-10/h1-2,4-5,8-9,11-12,14-15,18,25-26H,3,6-7H2,(H2,19,21,22)/t11-,12+,14-,15-,18+,31?/m0/s1. The van der Waals surface area contributed by atoms with Gasteiger partial charge < -0.3 is 34.3 Å². The van der Waals surface area contributed by atoms with Crippen molar-refractivity contribution in [1.29, 1.82) is 0 Å². The molecule has 0 spiro atoms. The van der Waals surface area contributed by atoms with E-state index in [0.29, 0.717) is 24.2 Å². The first kappa shape index (κ1) is 21.7. The molecule has 2 aliphatic heterocycles. The second-order valence-corrected chi connectivity index (χ2v) is 10.3. The van der Waals surface area contributed by atoms with Crippen LogP contribution in [0.25, 0.3) is 11.2 Å². The van der Waals surface area contributed by atoms with Crippen LogP contribution in [-0.2, 0) is 30.1 Å². The van der Waals surface area contributed by atoms with Crippen LogP contribution in [0.3, 0.4) is 0 Å². The number of anilines is 1. The largest absolute Gasteiger partial charge is 0.387 e. The lowest BCUT2D eigenvalue weighted by molar-refractivity contribution is -0.0533. The van der Waals surface area contributed by atoms with Gasteiger partial charge in [-0.25, -0.2) is 15.0 Å². The molecule has 6 atom stereocenters. The van der Waals surface area contributed by atoms with Crippen LogP contribution in [0.5, 0.6) is 0 Å². The highest BCUT2D eigenvalue weighted by atomic mass is 32.5. The summed E-state index contributed by atoms with van der Waals surface area (Å²) in [7, 11) is 0. The molecule has 0 aromatic carbocycles. The molecule has 3 aromatic heterocycles. The number of hydrogen-bond donors (Lipinski definition) is 3. The van der Waals surface area contributed by atoms with E-state index in [1.54, 1.807) is 12.4 Å². The molecule has 12 nitrogen and oxygen atoms in total. The van der Waals surface area contributed by atoms with E-state index < -0.39 is 31.3 Å². The van der Waals surface area contributed by atoms with Gasteiger partial charge in [0.25, 0.3) is 0 Å². The summed E-state index contributed by atoms with van der Waals surface area (Å²) >= 11 is 5.50. The fraction of sp³-hybridized carbons (Fsp3) is 0.444. The van der Waals surface area contributed by atoms with Gasteiger partial charge in [-0.05, 0) is 29.5 Å². The second-order valence-electron chi connectivity index (χ2n) is 7.37. The molecule has 2 saturated heterocycles. The monoisotopic (exact) mass is 480 g/mol. The molecule has 2 fully saturated rings. The van der Waals surface area contributed by atoms with E-state index in [1.807, 2.05) is 12.1 Å². The SMILES string of the molecule is Nc1ncnc2c1ncn2[C@@H]1O[C@H](COP2(=S)OCC[C@@H](c3ccncc3)O2)[C@H](O)[C@@H]1O. The third kappa shape index (κ3) is 4.02. The third-order valence-electron chi connectivity index (χ3n) is 5.36. The molecule has 2 aliphatic rings. The maximum absolute atomic E-state index is 10.6. The molecule has 4 N–H and O–H groups in total. The summed E-state index contributed by atoms with van der Waals surface area (Å²) in [6.07, 6.45) is 2.12. The van der Waals surface area contributed by atoms with Crippen molar-refractivity contribution in [3.8, 4) is 0 Å². The highest BCUT2D eigenvalue weighted by Crippen LogP contribution is 2.57. The van der Waals surface area contributed by atoms with Gasteiger partial charge in [-0.1, -0.05) is 0 Å². The number of nitrogen functional groups attached to an aromatic ring is 1. The molecular formula is C18H21N6O6PS. The minimum absolute atomic E-state index is 0.126. The Balaban J connectivity index is 1.28. The number of aromatic nitrogens is 5. The van der Waals surface area contributed by atoms with E-state index in [-0.39, 0.29) is 18.5 Å². The van der Waals surface area contributed by atoms with Crippen molar-refractivity contribution < 1.29 is 28.5 Å². The molecule has 1 unspecified atom stereocenters. The Bertz CT molecular complexity index is 1150. The van der Waals surface area contributed by atoms with Crippen LogP contribution in [0.4, 0.5) is 5.82 Å². The smallest absolute Gasteiger partial charge is 0.327 e. The first-order chi connectivity index (χ1) is 15.5. The van der Waals surface area contributed by atoms with Crippen LogP contribution in [0, 0.1) is 0 Å². The maximum atomic E-state index is 10.6. The molecule has 14 heteroatoms. The molecule has 0 amide bonds. The number of pyridine rings is 1. The van der Waals surface area contributed by atoms with Gasteiger partial charge in [0.2, 0.25) is 0 Å². The zero-order valence-corrected chi connectivity index (χ0v) is 18.4. The summed E-state index contributed by atoms with van der Waals surface area (Å²) in [6, 6.07) is 3.71. The van der Waals surface area contributed by atoms with E-state index in [0.717, 1.165) is 5.56 Å². The van der Waals surface area contributed by atoms with Crippen molar-refractivity contribution in [1.82, 2.24) is 24.5 Å². The Morgan fingerprint density at radius 1 is 1.22 bits per heavy atom. The van der Waals surface area contributed by atoms with Gasteiger partial charge in [0.05, 0.1) is 25.6 Å². The number of ether oxygens (including phenoxy) is 1. The van der Waals surface area contributed by atoms with Crippen molar-refractivity contribution >= 4 is 35.5 Å². The number of imidazole rings is 1. The molecule has 0 aliphatic carbocycles. The van der Waals surface area contributed by atoms with Crippen LogP contribution in [-0.4, -0.2) is 66.2 Å². The minimum Gasteiger partial charge on any atom is -0.387 e. The molecule has 5 rings (SSSR count). The predicted octanol–water partition coefficient (Wildman–Crippen LogP) is 0.842. The van der Waals surface area contributed by atoms with E-state index >= 15 is 0 Å². The third-order valence-corrected chi connectivity index (χ3v) is 7.73. The molecule has 0 radical (unpaired) electrons. The fourth-order valence-corrected chi connectivity index (χ4v) is 5.81. The van der Waals surface area contributed by atoms with Gasteiger partial charge in [0, 0.05) is 18.8 Å². The van der Waals surface area contributed by atoms with Crippen molar-refractivity contribution in [2.75, 3.05) is 18.9 Å². The maximum Gasteiger partial charge on any atom is 0.327 e. The lowest BCUT2D eigenvalue weighted by atomic mass is 10.1. The van der Waals surface area contributed by atoms with E-state index in [2.05, 4.69) is 19.9 Å². The summed E-state index contributed by atoms with van der Waals surface area (Å²) in [6.45, 7) is -2.82. The molecule has 32 heavy (non-hydrogen) atoms. The Kier molecular flexibility index (Phi) is 5.90. The number of nitrogens with zero attached hydrogens (tertiary/aromatic N) is 5. The molecule has 3 aromatic rings. The van der Waals surface area contributed by atoms with Gasteiger partial charge in [-0.15, -0.1) is 0 Å². The zero-order valence-electron chi connectivity index (χ0n) is 16.7. The summed E-state index contributed by atoms with van der Waals surface area (Å²) in [4.78, 5) is 16.2. The van der Waals surface area contributed by atoms with Gasteiger partial charge in [-0.2, -0.15) is 0 Å². The fourth-order valence-electron chi connectivity index (χ4n) is 3.70. The predicted molar refractivity (Wildman–Crippen MR) is 115 cm³/mol. The molecular weight excluding hydrogens is 459 g/mol. The van der Waals surface area contributed by atoms with Gasteiger partial charge in [0.15, 0.2) is 17.7 Å². The van der Waals surface area contributed by atoms with Crippen LogP contribution in [0.2, 0.25) is 0 Å². The van der Waals surface area contributed by atoms with Gasteiger partial charge in [-0.3, -0.25) is 9.55 Å². The molecule has 0 saturated carbocycles. The lowest BCUT2D eigenvalue weighted by Crippen LogP contribution is -2.34. The van der Waals surface area contributed by atoms with Crippen molar-refractivity contribution in [3.63, 3.8) is 0 Å². The van der Waals surface area contributed by atoms with Crippen LogP contribution >= 0.6 is 6.72 Å². The van der Waals surface area contributed by atoms with Gasteiger partial charge >= 0.3 is 6.72 Å². The number of aliphatic hydroxyl groups is 2. The van der Waals surface area contributed by atoms with Crippen molar-refractivity contribution in [3.05, 3.63) is 42.7 Å². The van der Waals surface area contributed by atoms with Crippen LogP contribution in [0.15, 0.2) is 37.2 Å². The van der Waals surface area contributed by atoms with Gasteiger partial charge in [0.1, 0.15) is 30.2 Å². The Hall–Kier alpha value is -2.09. The highest BCUT2D eigenvalue weighted by molar-refractivity contribution is 8.07. The lowest BCUT2D eigenvalue weighted by Gasteiger charge is -2.32. The zero-order chi connectivity index (χ0) is 22.3. The topological polar surface area (TPSA) is 160 Å². The summed E-state index contributed by atoms with van der Waals surface area (Å²) in [5, 5.41) is 21.1. The second kappa shape index (κ2) is 8.69. The number of rotatable bonds is 5. The molecule has 0 bridgehead atoms. The quantitative estimate of drug-likeness (QED) is 0.442. The Morgan fingerprint density at radius 3 is 2.84 bits per heavy atom. The average Bonchev–Trinajstić information content (AvgIpc) is 3.35. The van der Waals surface area contributed by atoms with Crippen LogP contribution < -0.4 is 5.73 Å². The molecule has 5 heterocycles. The van der Waals surface area contributed by atoms with Crippen molar-refractivity contribution in [2.24, 2.45) is 0 Å². The number of hydrogen-bond acceptors (Lipinski definition) is 12. The normalized spacial score (nSPS) is 33.0. The van der Waals surface area contributed by atoms with E-state index in [1.165, 1.54) is 17.2 Å². The molecule has 170 valence electrons. The number of fused-ring (bicyclic) bond motifs is 1. The number of nitrogens with two attached hydrogens (primary N) is 1. The summed E-state index contributed by atoms with van der Waals surface area (Å²) in [5.41, 5.74) is 7.50. The number of aliphatic hydroxyl groups excluding tert-OH is 2. The van der Waals surface area contributed by atoms with Crippen LogP contribution in [0.1, 0.15) is 24.3 Å². The van der Waals surface area contributed by atoms with E-state index in [4.69, 9.17) is 35.8 Å². The highest BCUT2D eigenvalue weighted by Gasteiger charge is 2.45. The van der Waals surface area contributed by atoms with E-state index in [9.17, 15) is 10.2 Å². The minimum atomic E-state index is -3.08. The first-order valence-electron chi connectivity index (χ1n) is 9.87. The first-order valence-corrected chi connectivity index (χ1v) is 12.4. The average molecular weight is 480 g/mol. The summed E-state index contributed by atoms with van der Waals surface area (Å²) in [5.74, 6) is 0.204. The Morgan fingerprint density at radius 2 is 2.03 bits per heavy atom. The Labute approximate surface area is 187 Å². The van der Waals surface area contributed by atoms with Crippen molar-refractivity contribution in [2.45, 2.75) is 37.1 Å².